The minimum absolute atomic E-state index is 0.0651. The second-order valence-corrected chi connectivity index (χ2v) is 8.57. The molecule has 11 heteroatoms. The van der Waals surface area contributed by atoms with Gasteiger partial charge < -0.3 is 24.4 Å². The van der Waals surface area contributed by atoms with E-state index >= 15 is 0 Å². The first kappa shape index (κ1) is 27.0. The molecule has 0 bridgehead atoms. The molecule has 2 N–H and O–H groups in total. The van der Waals surface area contributed by atoms with Gasteiger partial charge in [0.15, 0.2) is 6.10 Å². The molecule has 0 saturated carbocycles. The lowest BCUT2D eigenvalue weighted by Crippen LogP contribution is -2.42. The van der Waals surface area contributed by atoms with Gasteiger partial charge >= 0.3 is 19.8 Å². The molecule has 0 saturated heterocycles. The predicted molar refractivity (Wildman–Crippen MR) is 102 cm³/mol. The van der Waals surface area contributed by atoms with Crippen molar-refractivity contribution in [2.75, 3.05) is 33.0 Å². The van der Waals surface area contributed by atoms with Crippen LogP contribution in [0.4, 0.5) is 0 Å². The molecule has 166 valence electrons. The molecule has 0 aliphatic heterocycles. The highest BCUT2D eigenvalue weighted by Crippen LogP contribution is 2.43. The summed E-state index contributed by atoms with van der Waals surface area (Å²) in [7, 11) is -4.35. The maximum absolute atomic E-state index is 11.9. The molecule has 0 fully saturated rings. The fourth-order valence-electron chi connectivity index (χ4n) is 1.96. The summed E-state index contributed by atoms with van der Waals surface area (Å²) in [6.45, 7) is 10.4. The molecular formula is C17H34NO9P. The van der Waals surface area contributed by atoms with Gasteiger partial charge in [-0.05, 0) is 34.1 Å². The van der Waals surface area contributed by atoms with Crippen LogP contribution in [0.25, 0.3) is 0 Å². The van der Waals surface area contributed by atoms with Gasteiger partial charge in [0.05, 0.1) is 19.3 Å². The number of hydrogen-bond acceptors (Lipinski definition) is 9. The van der Waals surface area contributed by atoms with Crippen molar-refractivity contribution >= 4 is 19.8 Å². The summed E-state index contributed by atoms with van der Waals surface area (Å²) in [4.78, 5) is 31.6. The normalized spacial score (nSPS) is 15.1. The van der Waals surface area contributed by atoms with Crippen LogP contribution in [0.5, 0.6) is 0 Å². The summed E-state index contributed by atoms with van der Waals surface area (Å²) in [6.07, 6.45) is -0.0877. The molecule has 0 aromatic heterocycles. The Bertz CT molecular complexity index is 525. The molecule has 2 unspecified atom stereocenters. The summed E-state index contributed by atoms with van der Waals surface area (Å²) in [5.74, 6) is -1.21. The Labute approximate surface area is 166 Å². The number of nitrogens with one attached hydrogen (secondary N) is 1. The number of phosphoric acid groups is 1. The van der Waals surface area contributed by atoms with Gasteiger partial charge in [0.25, 0.3) is 0 Å². The Kier molecular flexibility index (Phi) is 12.8. The number of esters is 2. The van der Waals surface area contributed by atoms with Crippen LogP contribution in [0.1, 0.15) is 48.0 Å². The summed E-state index contributed by atoms with van der Waals surface area (Å²) >= 11 is 0. The Morgan fingerprint density at radius 1 is 1.07 bits per heavy atom. The fraction of sp³-hybridized carbons (Fsp3) is 0.882. The molecule has 0 aromatic rings. The smallest absolute Gasteiger partial charge is 0.462 e. The van der Waals surface area contributed by atoms with Gasteiger partial charge in [0, 0.05) is 32.5 Å². The molecule has 2 atom stereocenters. The number of rotatable bonds is 15. The van der Waals surface area contributed by atoms with Gasteiger partial charge in [0.2, 0.25) is 0 Å². The summed E-state index contributed by atoms with van der Waals surface area (Å²) in [6, 6.07) is 0. The SMILES string of the molecule is CC(=O)OCC(COP(=O)(O)OCCNC(C)(C)CCOC(C)C)OC(C)=O. The lowest BCUT2D eigenvalue weighted by Gasteiger charge is -2.27. The first-order chi connectivity index (χ1) is 12.8. The monoisotopic (exact) mass is 427 g/mol. The van der Waals surface area contributed by atoms with Crippen molar-refractivity contribution in [3.63, 3.8) is 0 Å². The maximum Gasteiger partial charge on any atom is 0.472 e. The van der Waals surface area contributed by atoms with Crippen LogP contribution in [-0.4, -0.2) is 67.6 Å². The van der Waals surface area contributed by atoms with Crippen LogP contribution < -0.4 is 5.32 Å². The molecule has 0 aliphatic rings. The topological polar surface area (TPSA) is 130 Å². The third-order valence-electron chi connectivity index (χ3n) is 3.37. The van der Waals surface area contributed by atoms with Crippen LogP contribution in [0.15, 0.2) is 0 Å². The quantitative estimate of drug-likeness (QED) is 0.227. The third-order valence-corrected chi connectivity index (χ3v) is 4.35. The highest BCUT2D eigenvalue weighted by Gasteiger charge is 2.25. The van der Waals surface area contributed by atoms with Crippen molar-refractivity contribution < 1.29 is 42.3 Å². The van der Waals surface area contributed by atoms with E-state index in [9.17, 15) is 19.0 Å². The minimum Gasteiger partial charge on any atom is -0.462 e. The van der Waals surface area contributed by atoms with Gasteiger partial charge in [0.1, 0.15) is 6.61 Å². The van der Waals surface area contributed by atoms with Crippen LogP contribution in [0, 0.1) is 0 Å². The van der Waals surface area contributed by atoms with E-state index in [0.29, 0.717) is 13.2 Å². The average molecular weight is 427 g/mol. The van der Waals surface area contributed by atoms with E-state index in [2.05, 4.69) is 5.32 Å². The molecule has 0 aliphatic carbocycles. The molecule has 0 spiro atoms. The Morgan fingerprint density at radius 3 is 2.25 bits per heavy atom. The highest BCUT2D eigenvalue weighted by atomic mass is 31.2. The van der Waals surface area contributed by atoms with Gasteiger partial charge in [-0.1, -0.05) is 0 Å². The maximum atomic E-state index is 11.9. The summed E-state index contributed by atoms with van der Waals surface area (Å²) < 4.78 is 36.7. The third kappa shape index (κ3) is 16.0. The number of phosphoric ester groups is 1. The molecule has 0 amide bonds. The zero-order valence-electron chi connectivity index (χ0n) is 17.6. The molecule has 0 rings (SSSR count). The van der Waals surface area contributed by atoms with Crippen molar-refractivity contribution in [2.45, 2.75) is 65.7 Å². The van der Waals surface area contributed by atoms with Crippen molar-refractivity contribution in [3.05, 3.63) is 0 Å². The van der Waals surface area contributed by atoms with E-state index < -0.39 is 32.5 Å². The molecule has 0 heterocycles. The summed E-state index contributed by atoms with van der Waals surface area (Å²) in [5, 5.41) is 3.21. The molecular weight excluding hydrogens is 393 g/mol. The van der Waals surface area contributed by atoms with Crippen LogP contribution in [0.3, 0.4) is 0 Å². The first-order valence-electron chi connectivity index (χ1n) is 9.12. The van der Waals surface area contributed by atoms with Crippen LogP contribution >= 0.6 is 7.82 Å². The molecule has 0 radical (unpaired) electrons. The second kappa shape index (κ2) is 13.2. The van der Waals surface area contributed by atoms with Crippen LogP contribution in [0.2, 0.25) is 0 Å². The van der Waals surface area contributed by atoms with E-state index in [4.69, 9.17) is 23.3 Å². The first-order valence-corrected chi connectivity index (χ1v) is 10.6. The van der Waals surface area contributed by atoms with E-state index in [0.717, 1.165) is 13.3 Å². The number of ether oxygens (including phenoxy) is 3. The van der Waals surface area contributed by atoms with Crippen molar-refractivity contribution in [1.82, 2.24) is 5.32 Å². The number of hydrogen-bond donors (Lipinski definition) is 2. The van der Waals surface area contributed by atoms with E-state index in [-0.39, 0.29) is 24.9 Å². The van der Waals surface area contributed by atoms with Gasteiger partial charge in [-0.3, -0.25) is 18.6 Å². The fourth-order valence-corrected chi connectivity index (χ4v) is 2.72. The predicted octanol–water partition coefficient (Wildman–Crippen LogP) is 1.80. The van der Waals surface area contributed by atoms with E-state index in [1.54, 1.807) is 0 Å². The van der Waals surface area contributed by atoms with Crippen molar-refractivity contribution in [2.24, 2.45) is 0 Å². The second-order valence-electron chi connectivity index (χ2n) is 7.11. The van der Waals surface area contributed by atoms with Gasteiger partial charge in [-0.25, -0.2) is 4.57 Å². The molecule has 28 heavy (non-hydrogen) atoms. The standard InChI is InChI=1S/C17H34NO9P/c1-13(2)23-9-7-17(5,6)18-8-10-25-28(21,22)26-12-16(27-15(4)20)11-24-14(3)19/h13,16,18H,7-12H2,1-6H3,(H,21,22). The summed E-state index contributed by atoms with van der Waals surface area (Å²) in [5.41, 5.74) is -0.233. The molecule has 10 nitrogen and oxygen atoms in total. The Hall–Kier alpha value is -1.03. The zero-order valence-corrected chi connectivity index (χ0v) is 18.5. The average Bonchev–Trinajstić information content (AvgIpc) is 2.53. The number of carbonyl (C=O) groups excluding carboxylic acids is 2. The lowest BCUT2D eigenvalue weighted by molar-refractivity contribution is -0.158. The molecule has 0 aromatic carbocycles. The Morgan fingerprint density at radius 2 is 1.71 bits per heavy atom. The van der Waals surface area contributed by atoms with E-state index in [1.807, 2.05) is 27.7 Å². The van der Waals surface area contributed by atoms with E-state index in [1.165, 1.54) is 6.92 Å². The van der Waals surface area contributed by atoms with Gasteiger partial charge in [-0.15, -0.1) is 0 Å². The number of carbonyl (C=O) groups is 2. The van der Waals surface area contributed by atoms with Gasteiger partial charge in [-0.2, -0.15) is 0 Å². The van der Waals surface area contributed by atoms with Crippen molar-refractivity contribution in [1.29, 1.82) is 0 Å². The van der Waals surface area contributed by atoms with Crippen molar-refractivity contribution in [3.8, 4) is 0 Å². The Balaban J connectivity index is 4.24. The minimum atomic E-state index is -4.35. The highest BCUT2D eigenvalue weighted by molar-refractivity contribution is 7.47. The van der Waals surface area contributed by atoms with Crippen LogP contribution in [-0.2, 0) is 37.4 Å². The lowest BCUT2D eigenvalue weighted by atomic mass is 10.0. The zero-order chi connectivity index (χ0) is 21.8. The largest absolute Gasteiger partial charge is 0.472 e.